The smallest absolute Gasteiger partial charge is 0.243 e. The Hall–Kier alpha value is -1.22. The number of ether oxygens (including phenoxy) is 1. The van der Waals surface area contributed by atoms with Gasteiger partial charge in [0, 0.05) is 25.0 Å². The van der Waals surface area contributed by atoms with Gasteiger partial charge in [0.25, 0.3) is 0 Å². The summed E-state index contributed by atoms with van der Waals surface area (Å²) in [6.45, 7) is 6.73. The van der Waals surface area contributed by atoms with Gasteiger partial charge in [0.2, 0.25) is 5.91 Å². The molecular formula is C19H28Cl2N4O2S. The molecule has 0 spiro atoms. The van der Waals surface area contributed by atoms with Crippen molar-refractivity contribution in [2.24, 2.45) is 5.73 Å². The maximum Gasteiger partial charge on any atom is 0.243 e. The van der Waals surface area contributed by atoms with E-state index in [9.17, 15) is 4.79 Å². The van der Waals surface area contributed by atoms with Gasteiger partial charge in [0.1, 0.15) is 0 Å². The van der Waals surface area contributed by atoms with Crippen molar-refractivity contribution in [3.63, 3.8) is 0 Å². The quantitative estimate of drug-likeness (QED) is 0.712. The number of amides is 1. The van der Waals surface area contributed by atoms with Crippen molar-refractivity contribution >= 4 is 47.2 Å². The molecule has 1 amide bonds. The molecule has 28 heavy (non-hydrogen) atoms. The van der Waals surface area contributed by atoms with Gasteiger partial charge in [-0.1, -0.05) is 30.3 Å². The number of carbonyl (C=O) groups is 1. The number of nitrogens with zero attached hydrogens (tertiary/aromatic N) is 2. The van der Waals surface area contributed by atoms with E-state index in [-0.39, 0.29) is 42.9 Å². The Morgan fingerprint density at radius 2 is 1.93 bits per heavy atom. The maximum absolute atomic E-state index is 12.3. The molecule has 2 heterocycles. The van der Waals surface area contributed by atoms with Crippen molar-refractivity contribution in [1.82, 2.24) is 9.88 Å². The minimum atomic E-state index is -0.592. The average molecular weight is 447 g/mol. The molecular weight excluding hydrogens is 419 g/mol. The molecule has 2 aromatic rings. The van der Waals surface area contributed by atoms with E-state index in [0.29, 0.717) is 11.6 Å². The van der Waals surface area contributed by atoms with Crippen LogP contribution < -0.4 is 11.1 Å². The molecule has 9 heteroatoms. The summed E-state index contributed by atoms with van der Waals surface area (Å²) in [5.41, 5.74) is 8.03. The van der Waals surface area contributed by atoms with Crippen molar-refractivity contribution < 1.29 is 9.53 Å². The van der Waals surface area contributed by atoms with E-state index in [2.05, 4.69) is 29.0 Å². The Morgan fingerprint density at radius 3 is 2.57 bits per heavy atom. The lowest BCUT2D eigenvalue weighted by atomic mass is 10.1. The zero-order chi connectivity index (χ0) is 18.5. The predicted molar refractivity (Wildman–Crippen MR) is 119 cm³/mol. The van der Waals surface area contributed by atoms with Crippen molar-refractivity contribution in [3.05, 3.63) is 47.0 Å². The Balaban J connectivity index is 0.00000196. The summed E-state index contributed by atoms with van der Waals surface area (Å²) in [5.74, 6) is -0.205. The van der Waals surface area contributed by atoms with Gasteiger partial charge < -0.3 is 15.8 Å². The van der Waals surface area contributed by atoms with E-state index in [1.165, 1.54) is 11.3 Å². The molecule has 1 aliphatic heterocycles. The van der Waals surface area contributed by atoms with Crippen LogP contribution in [-0.4, -0.2) is 47.1 Å². The monoisotopic (exact) mass is 446 g/mol. The van der Waals surface area contributed by atoms with Crippen LogP contribution in [0.25, 0.3) is 0 Å². The Bertz CT molecular complexity index is 722. The van der Waals surface area contributed by atoms with Gasteiger partial charge in [0.15, 0.2) is 5.13 Å². The number of halogens is 2. The first kappa shape index (κ1) is 24.8. The number of anilines is 1. The second kappa shape index (κ2) is 11.7. The lowest BCUT2D eigenvalue weighted by Gasteiger charge is -2.34. The fourth-order valence-corrected chi connectivity index (χ4v) is 3.94. The number of morpholine rings is 1. The highest BCUT2D eigenvalue weighted by Gasteiger charge is 2.23. The van der Waals surface area contributed by atoms with Gasteiger partial charge in [-0.05, 0) is 25.8 Å². The van der Waals surface area contributed by atoms with Crippen molar-refractivity contribution in [2.75, 3.05) is 18.4 Å². The first-order valence-electron chi connectivity index (χ1n) is 8.92. The second-order valence-corrected chi connectivity index (χ2v) is 7.74. The van der Waals surface area contributed by atoms with Crippen LogP contribution >= 0.6 is 36.2 Å². The zero-order valence-electron chi connectivity index (χ0n) is 16.0. The molecule has 156 valence electrons. The van der Waals surface area contributed by atoms with Gasteiger partial charge in [0.05, 0.1) is 23.9 Å². The summed E-state index contributed by atoms with van der Waals surface area (Å²) >= 11 is 1.44. The van der Waals surface area contributed by atoms with Crippen LogP contribution in [0.3, 0.4) is 0 Å². The minimum Gasteiger partial charge on any atom is -0.373 e. The van der Waals surface area contributed by atoms with E-state index in [4.69, 9.17) is 10.5 Å². The number of carbonyl (C=O) groups excluding carboxylic acids is 1. The Kier molecular flexibility index (Phi) is 10.4. The first-order chi connectivity index (χ1) is 12.5. The number of nitrogens with two attached hydrogens (primary N) is 1. The summed E-state index contributed by atoms with van der Waals surface area (Å²) in [6.07, 6.45) is 0.967. The van der Waals surface area contributed by atoms with E-state index in [1.807, 2.05) is 35.7 Å². The van der Waals surface area contributed by atoms with Crippen LogP contribution in [0.15, 0.2) is 35.7 Å². The van der Waals surface area contributed by atoms with E-state index in [1.54, 1.807) is 0 Å². The fraction of sp³-hybridized carbons (Fsp3) is 0.474. The third-order valence-corrected chi connectivity index (χ3v) is 5.10. The summed E-state index contributed by atoms with van der Waals surface area (Å²) in [7, 11) is 0. The summed E-state index contributed by atoms with van der Waals surface area (Å²) < 4.78 is 5.76. The number of thiazole rings is 1. The number of benzene rings is 1. The Morgan fingerprint density at radius 1 is 1.29 bits per heavy atom. The molecule has 1 aromatic heterocycles. The molecule has 0 aliphatic carbocycles. The molecule has 3 atom stereocenters. The number of rotatable bonds is 6. The summed E-state index contributed by atoms with van der Waals surface area (Å²) in [5, 5.41) is 5.43. The van der Waals surface area contributed by atoms with Crippen molar-refractivity contribution in [3.8, 4) is 0 Å². The molecule has 0 bridgehead atoms. The summed E-state index contributed by atoms with van der Waals surface area (Å²) in [4.78, 5) is 19.2. The van der Waals surface area contributed by atoms with Gasteiger partial charge in [-0.2, -0.15) is 0 Å². The summed E-state index contributed by atoms with van der Waals surface area (Å²) in [6, 6.07) is 9.19. The topological polar surface area (TPSA) is 80.5 Å². The van der Waals surface area contributed by atoms with Crippen LogP contribution in [-0.2, 0) is 22.5 Å². The average Bonchev–Trinajstić information content (AvgIpc) is 3.01. The zero-order valence-corrected chi connectivity index (χ0v) is 18.5. The standard InChI is InChI=1S/C19H26N4O2S.2ClH/c1-13-9-23(10-14(2)25-13)11-16-12-26-19(21-16)22-18(24)17(20)8-15-6-4-3-5-7-15;;/h3-7,12-14,17H,8-11,20H2,1-2H3,(H,21,22,24);2*1H. The number of hydrogen-bond donors (Lipinski definition) is 2. The highest BCUT2D eigenvalue weighted by atomic mass is 35.5. The van der Waals surface area contributed by atoms with Gasteiger partial charge in [-0.15, -0.1) is 36.2 Å². The largest absolute Gasteiger partial charge is 0.373 e. The maximum atomic E-state index is 12.3. The Labute approximate surface area is 182 Å². The molecule has 3 rings (SSSR count). The van der Waals surface area contributed by atoms with Crippen LogP contribution in [0.5, 0.6) is 0 Å². The van der Waals surface area contributed by atoms with Crippen LogP contribution in [0.2, 0.25) is 0 Å². The van der Waals surface area contributed by atoms with Crippen LogP contribution in [0.4, 0.5) is 5.13 Å². The molecule has 3 unspecified atom stereocenters. The van der Waals surface area contributed by atoms with Gasteiger partial charge in [-0.3, -0.25) is 9.69 Å². The minimum absolute atomic E-state index is 0. The SMILES string of the molecule is CC1CN(Cc2csc(NC(=O)C(N)Cc3ccccc3)n2)CC(C)O1.Cl.Cl. The molecule has 1 fully saturated rings. The lowest BCUT2D eigenvalue weighted by Crippen LogP contribution is -2.44. The molecule has 1 aromatic carbocycles. The van der Waals surface area contributed by atoms with Crippen LogP contribution in [0, 0.1) is 0 Å². The third-order valence-electron chi connectivity index (χ3n) is 4.30. The highest BCUT2D eigenvalue weighted by Crippen LogP contribution is 2.19. The van der Waals surface area contributed by atoms with E-state index < -0.39 is 6.04 Å². The number of hydrogen-bond acceptors (Lipinski definition) is 6. The predicted octanol–water partition coefficient (Wildman–Crippen LogP) is 3.10. The van der Waals surface area contributed by atoms with Crippen molar-refractivity contribution in [1.29, 1.82) is 0 Å². The van der Waals surface area contributed by atoms with Crippen molar-refractivity contribution in [2.45, 2.75) is 45.1 Å². The number of nitrogens with one attached hydrogen (secondary N) is 1. The third kappa shape index (κ3) is 7.31. The molecule has 3 N–H and O–H groups in total. The van der Waals surface area contributed by atoms with E-state index >= 15 is 0 Å². The second-order valence-electron chi connectivity index (χ2n) is 6.88. The molecule has 1 saturated heterocycles. The molecule has 0 radical (unpaired) electrons. The molecule has 1 aliphatic rings. The van der Waals surface area contributed by atoms with Crippen LogP contribution in [0.1, 0.15) is 25.1 Å². The van der Waals surface area contributed by atoms with E-state index in [0.717, 1.165) is 30.9 Å². The fourth-order valence-electron chi connectivity index (χ4n) is 3.24. The lowest BCUT2D eigenvalue weighted by molar-refractivity contribution is -0.117. The highest BCUT2D eigenvalue weighted by molar-refractivity contribution is 7.13. The molecule has 0 saturated carbocycles. The molecule has 6 nitrogen and oxygen atoms in total. The first-order valence-corrected chi connectivity index (χ1v) is 9.80. The normalized spacial score (nSPS) is 20.5. The van der Waals surface area contributed by atoms with Gasteiger partial charge in [-0.25, -0.2) is 4.98 Å². The number of aromatic nitrogens is 1. The van der Waals surface area contributed by atoms with Gasteiger partial charge >= 0.3 is 0 Å².